The summed E-state index contributed by atoms with van der Waals surface area (Å²) in [7, 11) is 1.33. The van der Waals surface area contributed by atoms with Crippen LogP contribution in [0.25, 0.3) is 17.0 Å². The quantitative estimate of drug-likeness (QED) is 0.597. The number of phenolic OH excluding ortho intramolecular Hbond substituents is 1. The lowest BCUT2D eigenvalue weighted by molar-refractivity contribution is -0.134. The number of nitrogens with one attached hydrogen (secondary N) is 1. The Bertz CT molecular complexity index is 554. The third-order valence-electron chi connectivity index (χ3n) is 2.30. The fourth-order valence-electron chi connectivity index (χ4n) is 1.50. The summed E-state index contributed by atoms with van der Waals surface area (Å²) >= 11 is 0. The number of esters is 1. The molecule has 4 heteroatoms. The third kappa shape index (κ3) is 1.91. The van der Waals surface area contributed by atoms with Crippen LogP contribution in [0.5, 0.6) is 5.75 Å². The van der Waals surface area contributed by atoms with E-state index in [4.69, 9.17) is 0 Å². The van der Waals surface area contributed by atoms with Crippen molar-refractivity contribution in [3.8, 4) is 5.75 Å². The number of aromatic amines is 1. The molecule has 0 unspecified atom stereocenters. The van der Waals surface area contributed by atoms with Crippen molar-refractivity contribution < 1.29 is 14.6 Å². The van der Waals surface area contributed by atoms with Crippen LogP contribution in [-0.4, -0.2) is 23.2 Å². The van der Waals surface area contributed by atoms with Crippen LogP contribution in [0.4, 0.5) is 0 Å². The molecule has 2 rings (SSSR count). The molecule has 0 atom stereocenters. The van der Waals surface area contributed by atoms with Gasteiger partial charge in [0.25, 0.3) is 0 Å². The number of methoxy groups -OCH3 is 1. The minimum absolute atomic E-state index is 0.206. The second-order valence-corrected chi connectivity index (χ2v) is 3.33. The van der Waals surface area contributed by atoms with E-state index in [2.05, 4.69) is 9.72 Å². The van der Waals surface area contributed by atoms with Gasteiger partial charge >= 0.3 is 5.97 Å². The molecule has 0 bridgehead atoms. The van der Waals surface area contributed by atoms with E-state index in [9.17, 15) is 9.90 Å². The van der Waals surface area contributed by atoms with E-state index in [-0.39, 0.29) is 5.75 Å². The Morgan fingerprint density at radius 1 is 1.50 bits per heavy atom. The third-order valence-corrected chi connectivity index (χ3v) is 2.30. The van der Waals surface area contributed by atoms with Crippen LogP contribution in [0.2, 0.25) is 0 Å². The minimum atomic E-state index is -0.395. The molecule has 2 N–H and O–H groups in total. The van der Waals surface area contributed by atoms with Gasteiger partial charge in [-0.1, -0.05) is 0 Å². The Morgan fingerprint density at radius 2 is 2.31 bits per heavy atom. The second kappa shape index (κ2) is 4.10. The van der Waals surface area contributed by atoms with Gasteiger partial charge in [-0.15, -0.1) is 0 Å². The fourth-order valence-corrected chi connectivity index (χ4v) is 1.50. The predicted octanol–water partition coefficient (Wildman–Crippen LogP) is 2.06. The Morgan fingerprint density at radius 3 is 3.06 bits per heavy atom. The molecule has 0 radical (unpaired) electrons. The molecule has 4 nitrogen and oxygen atoms in total. The monoisotopic (exact) mass is 217 g/mol. The van der Waals surface area contributed by atoms with Gasteiger partial charge in [0.2, 0.25) is 0 Å². The van der Waals surface area contributed by atoms with Crippen LogP contribution in [0.15, 0.2) is 30.5 Å². The Labute approximate surface area is 92.2 Å². The van der Waals surface area contributed by atoms with Crippen LogP contribution in [0.3, 0.4) is 0 Å². The molecular formula is C12H11NO3. The molecule has 0 fully saturated rings. The summed E-state index contributed by atoms with van der Waals surface area (Å²) in [6, 6.07) is 5.02. The average molecular weight is 217 g/mol. The van der Waals surface area contributed by atoms with Crippen molar-refractivity contribution in [2.75, 3.05) is 7.11 Å². The summed E-state index contributed by atoms with van der Waals surface area (Å²) in [6.45, 7) is 0. The summed E-state index contributed by atoms with van der Waals surface area (Å²) in [6.07, 6.45) is 4.79. The van der Waals surface area contributed by atoms with Gasteiger partial charge in [-0.2, -0.15) is 0 Å². The van der Waals surface area contributed by atoms with Crippen LogP contribution < -0.4 is 0 Å². The van der Waals surface area contributed by atoms with E-state index in [0.717, 1.165) is 16.5 Å². The highest BCUT2D eigenvalue weighted by atomic mass is 16.5. The Kier molecular flexibility index (Phi) is 2.64. The smallest absolute Gasteiger partial charge is 0.330 e. The van der Waals surface area contributed by atoms with Crippen molar-refractivity contribution in [3.63, 3.8) is 0 Å². The molecule has 16 heavy (non-hydrogen) atoms. The van der Waals surface area contributed by atoms with Gasteiger partial charge in [0.05, 0.1) is 7.11 Å². The van der Waals surface area contributed by atoms with Crippen LogP contribution in [0.1, 0.15) is 5.56 Å². The summed E-state index contributed by atoms with van der Waals surface area (Å²) in [5.41, 5.74) is 1.70. The number of carbonyl (C=O) groups excluding carboxylic acids is 1. The van der Waals surface area contributed by atoms with Gasteiger partial charge in [-0.3, -0.25) is 0 Å². The highest BCUT2D eigenvalue weighted by Crippen LogP contribution is 2.23. The summed E-state index contributed by atoms with van der Waals surface area (Å²) < 4.78 is 4.50. The first-order valence-corrected chi connectivity index (χ1v) is 4.77. The van der Waals surface area contributed by atoms with E-state index in [1.807, 2.05) is 0 Å². The molecule has 1 aromatic heterocycles. The number of hydrogen-bond acceptors (Lipinski definition) is 3. The number of aromatic hydroxyl groups is 1. The Hall–Kier alpha value is -2.23. The second-order valence-electron chi connectivity index (χ2n) is 3.33. The summed E-state index contributed by atoms with van der Waals surface area (Å²) in [5.74, 6) is -0.189. The van der Waals surface area contributed by atoms with Gasteiger partial charge in [-0.25, -0.2) is 4.79 Å². The summed E-state index contributed by atoms with van der Waals surface area (Å²) in [4.78, 5) is 13.9. The van der Waals surface area contributed by atoms with Crippen molar-refractivity contribution in [2.24, 2.45) is 0 Å². The van der Waals surface area contributed by atoms with Gasteiger partial charge in [-0.05, 0) is 18.2 Å². The van der Waals surface area contributed by atoms with Crippen molar-refractivity contribution in [1.29, 1.82) is 0 Å². The standard InChI is InChI=1S/C12H11NO3/c1-16-12(15)5-2-8-7-13-11-6-9(14)3-4-10(8)11/h2-7,13-14H,1H3. The molecule has 0 aliphatic carbocycles. The van der Waals surface area contributed by atoms with Crippen molar-refractivity contribution in [2.45, 2.75) is 0 Å². The zero-order valence-corrected chi connectivity index (χ0v) is 8.73. The number of carbonyl (C=O) groups is 1. The molecule has 0 saturated heterocycles. The number of fused-ring (bicyclic) bond motifs is 1. The van der Waals surface area contributed by atoms with Gasteiger partial charge in [0.15, 0.2) is 0 Å². The van der Waals surface area contributed by atoms with E-state index < -0.39 is 5.97 Å². The zero-order chi connectivity index (χ0) is 11.5. The largest absolute Gasteiger partial charge is 0.508 e. The van der Waals surface area contributed by atoms with Crippen LogP contribution in [-0.2, 0) is 9.53 Å². The van der Waals surface area contributed by atoms with Gasteiger partial charge in [0, 0.05) is 34.8 Å². The van der Waals surface area contributed by atoms with Crippen LogP contribution >= 0.6 is 0 Å². The minimum Gasteiger partial charge on any atom is -0.508 e. The van der Waals surface area contributed by atoms with E-state index >= 15 is 0 Å². The average Bonchev–Trinajstić information content (AvgIpc) is 2.68. The molecule has 0 spiro atoms. The van der Waals surface area contributed by atoms with Gasteiger partial charge < -0.3 is 14.8 Å². The molecule has 0 aliphatic rings. The number of rotatable bonds is 2. The molecule has 82 valence electrons. The number of hydrogen-bond donors (Lipinski definition) is 2. The summed E-state index contributed by atoms with van der Waals surface area (Å²) in [5, 5.41) is 10.2. The number of ether oxygens (including phenoxy) is 1. The fraction of sp³-hybridized carbons (Fsp3) is 0.0833. The topological polar surface area (TPSA) is 62.3 Å². The van der Waals surface area contributed by atoms with Gasteiger partial charge in [0.1, 0.15) is 5.75 Å². The van der Waals surface area contributed by atoms with Crippen LogP contribution in [0, 0.1) is 0 Å². The SMILES string of the molecule is COC(=O)C=Cc1c[nH]c2cc(O)ccc12. The Balaban J connectivity index is 2.39. The first-order valence-electron chi connectivity index (χ1n) is 4.77. The van der Waals surface area contributed by atoms with Crippen molar-refractivity contribution in [1.82, 2.24) is 4.98 Å². The first kappa shape index (κ1) is 10.3. The molecular weight excluding hydrogens is 206 g/mol. The maximum atomic E-state index is 10.9. The highest BCUT2D eigenvalue weighted by Gasteiger charge is 2.02. The maximum Gasteiger partial charge on any atom is 0.330 e. The lowest BCUT2D eigenvalue weighted by atomic mass is 10.1. The molecule has 0 aliphatic heterocycles. The lowest BCUT2D eigenvalue weighted by Gasteiger charge is -1.93. The van der Waals surface area contributed by atoms with E-state index in [1.165, 1.54) is 13.2 Å². The molecule has 1 heterocycles. The zero-order valence-electron chi connectivity index (χ0n) is 8.73. The molecule has 1 aromatic carbocycles. The number of phenols is 1. The van der Waals surface area contributed by atoms with E-state index in [1.54, 1.807) is 30.5 Å². The predicted molar refractivity (Wildman–Crippen MR) is 61.0 cm³/mol. The molecule has 0 saturated carbocycles. The van der Waals surface area contributed by atoms with E-state index in [0.29, 0.717) is 0 Å². The number of H-pyrrole nitrogens is 1. The normalized spacial score (nSPS) is 11.1. The molecule has 0 amide bonds. The highest BCUT2D eigenvalue weighted by molar-refractivity contribution is 5.94. The number of benzene rings is 1. The van der Waals surface area contributed by atoms with Crippen molar-refractivity contribution >= 4 is 22.9 Å². The maximum absolute atomic E-state index is 10.9. The number of aromatic nitrogens is 1. The first-order chi connectivity index (χ1) is 7.70. The molecule has 2 aromatic rings. The van der Waals surface area contributed by atoms with Crippen molar-refractivity contribution in [3.05, 3.63) is 36.0 Å². The lowest BCUT2D eigenvalue weighted by Crippen LogP contribution is -1.92.